The first kappa shape index (κ1) is 16.5. The van der Waals surface area contributed by atoms with Gasteiger partial charge >= 0.3 is 0 Å². The SMILES string of the molecule is CC(C)(CO)CCCNC(=O)c1ccc(C2(C#N)CC2)cc1. The van der Waals surface area contributed by atoms with Crippen LogP contribution < -0.4 is 5.32 Å². The number of carbonyl (C=O) groups excluding carboxylic acids is 1. The fourth-order valence-electron chi connectivity index (χ4n) is 2.48. The molecular formula is C18H24N2O2. The quantitative estimate of drug-likeness (QED) is 0.760. The van der Waals surface area contributed by atoms with E-state index in [4.69, 9.17) is 0 Å². The van der Waals surface area contributed by atoms with Crippen molar-refractivity contribution in [1.82, 2.24) is 5.32 Å². The minimum atomic E-state index is -0.301. The van der Waals surface area contributed by atoms with Gasteiger partial charge in [0.25, 0.3) is 5.91 Å². The summed E-state index contributed by atoms with van der Waals surface area (Å²) >= 11 is 0. The summed E-state index contributed by atoms with van der Waals surface area (Å²) in [6.07, 6.45) is 3.54. The summed E-state index contributed by atoms with van der Waals surface area (Å²) in [5.74, 6) is -0.0878. The molecule has 2 rings (SSSR count). The van der Waals surface area contributed by atoms with E-state index in [2.05, 4.69) is 11.4 Å². The number of amides is 1. The van der Waals surface area contributed by atoms with Crippen molar-refractivity contribution in [3.63, 3.8) is 0 Å². The second kappa shape index (κ2) is 6.50. The Kier molecular flexibility index (Phi) is 4.87. The van der Waals surface area contributed by atoms with E-state index in [0.29, 0.717) is 12.1 Å². The molecule has 22 heavy (non-hydrogen) atoms. The van der Waals surface area contributed by atoms with Crippen LogP contribution in [0, 0.1) is 16.7 Å². The second-order valence-electron chi connectivity index (χ2n) is 6.95. The van der Waals surface area contributed by atoms with Crippen molar-refractivity contribution in [2.24, 2.45) is 5.41 Å². The van der Waals surface area contributed by atoms with Crippen LogP contribution >= 0.6 is 0 Å². The Hall–Kier alpha value is -1.86. The van der Waals surface area contributed by atoms with Crippen molar-refractivity contribution in [3.8, 4) is 6.07 Å². The van der Waals surface area contributed by atoms with Crippen molar-refractivity contribution in [2.45, 2.75) is 44.9 Å². The molecule has 1 fully saturated rings. The molecule has 0 spiro atoms. The highest BCUT2D eigenvalue weighted by Gasteiger charge is 2.44. The highest BCUT2D eigenvalue weighted by atomic mass is 16.3. The zero-order valence-electron chi connectivity index (χ0n) is 13.4. The molecule has 1 aromatic carbocycles. The summed E-state index contributed by atoms with van der Waals surface area (Å²) in [6.45, 7) is 4.78. The van der Waals surface area contributed by atoms with Gasteiger partial charge in [-0.05, 0) is 48.8 Å². The molecule has 4 heteroatoms. The van der Waals surface area contributed by atoms with E-state index in [0.717, 1.165) is 31.2 Å². The summed E-state index contributed by atoms with van der Waals surface area (Å²) in [5.41, 5.74) is 1.24. The maximum Gasteiger partial charge on any atom is 0.251 e. The molecule has 1 saturated carbocycles. The van der Waals surface area contributed by atoms with Crippen molar-refractivity contribution in [2.75, 3.05) is 13.2 Å². The average Bonchev–Trinajstić information content (AvgIpc) is 3.33. The van der Waals surface area contributed by atoms with E-state index < -0.39 is 0 Å². The smallest absolute Gasteiger partial charge is 0.251 e. The zero-order valence-corrected chi connectivity index (χ0v) is 13.4. The van der Waals surface area contributed by atoms with E-state index in [9.17, 15) is 15.2 Å². The van der Waals surface area contributed by atoms with Gasteiger partial charge in [-0.2, -0.15) is 5.26 Å². The fourth-order valence-corrected chi connectivity index (χ4v) is 2.48. The molecule has 0 radical (unpaired) electrons. The van der Waals surface area contributed by atoms with Crippen molar-refractivity contribution in [3.05, 3.63) is 35.4 Å². The zero-order chi connectivity index (χ0) is 16.2. The molecule has 1 aliphatic carbocycles. The third-order valence-electron chi connectivity index (χ3n) is 4.41. The Morgan fingerprint density at radius 3 is 2.50 bits per heavy atom. The number of hydrogen-bond acceptors (Lipinski definition) is 3. The number of nitriles is 1. The maximum absolute atomic E-state index is 12.1. The normalized spacial score (nSPS) is 15.9. The summed E-state index contributed by atoms with van der Waals surface area (Å²) in [4.78, 5) is 12.1. The number of rotatable bonds is 7. The van der Waals surface area contributed by atoms with E-state index in [1.165, 1.54) is 0 Å². The molecular weight excluding hydrogens is 276 g/mol. The van der Waals surface area contributed by atoms with Gasteiger partial charge in [-0.3, -0.25) is 4.79 Å². The molecule has 0 aromatic heterocycles. The number of nitrogens with one attached hydrogen (secondary N) is 1. The molecule has 1 aliphatic rings. The molecule has 4 nitrogen and oxygen atoms in total. The van der Waals surface area contributed by atoms with Gasteiger partial charge in [0.05, 0.1) is 11.5 Å². The summed E-state index contributed by atoms with van der Waals surface area (Å²) in [6, 6.07) is 9.72. The number of hydrogen-bond donors (Lipinski definition) is 2. The number of benzene rings is 1. The van der Waals surface area contributed by atoms with Gasteiger partial charge in [0, 0.05) is 18.7 Å². The lowest BCUT2D eigenvalue weighted by Crippen LogP contribution is -2.26. The van der Waals surface area contributed by atoms with Crippen LogP contribution in [0.25, 0.3) is 0 Å². The highest BCUT2D eigenvalue weighted by molar-refractivity contribution is 5.94. The summed E-state index contributed by atoms with van der Waals surface area (Å²) in [7, 11) is 0. The van der Waals surface area contributed by atoms with Crippen LogP contribution in [0.2, 0.25) is 0 Å². The molecule has 1 amide bonds. The van der Waals surface area contributed by atoms with E-state index in [-0.39, 0.29) is 23.3 Å². The minimum Gasteiger partial charge on any atom is -0.396 e. The lowest BCUT2D eigenvalue weighted by Gasteiger charge is -2.21. The van der Waals surface area contributed by atoms with Gasteiger partial charge in [0.1, 0.15) is 0 Å². The third kappa shape index (κ3) is 3.86. The van der Waals surface area contributed by atoms with Gasteiger partial charge < -0.3 is 10.4 Å². The number of aliphatic hydroxyl groups is 1. The van der Waals surface area contributed by atoms with Crippen LogP contribution in [0.5, 0.6) is 0 Å². The third-order valence-corrected chi connectivity index (χ3v) is 4.41. The number of nitrogens with zero attached hydrogens (tertiary/aromatic N) is 1. The van der Waals surface area contributed by atoms with Crippen LogP contribution in [0.4, 0.5) is 0 Å². The first-order chi connectivity index (χ1) is 10.4. The highest BCUT2D eigenvalue weighted by Crippen LogP contribution is 2.47. The van der Waals surface area contributed by atoms with Crippen LogP contribution in [0.1, 0.15) is 55.5 Å². The van der Waals surface area contributed by atoms with Crippen molar-refractivity contribution in [1.29, 1.82) is 5.26 Å². The van der Waals surface area contributed by atoms with Gasteiger partial charge in [0.2, 0.25) is 0 Å². The first-order valence-electron chi connectivity index (χ1n) is 7.83. The van der Waals surface area contributed by atoms with Crippen LogP contribution in [-0.4, -0.2) is 24.2 Å². The molecule has 0 saturated heterocycles. The topological polar surface area (TPSA) is 73.1 Å². The van der Waals surface area contributed by atoms with Crippen molar-refractivity contribution >= 4 is 5.91 Å². The fraction of sp³-hybridized carbons (Fsp3) is 0.556. The lowest BCUT2D eigenvalue weighted by molar-refractivity contribution is 0.0948. The Bertz CT molecular complexity index is 566. The van der Waals surface area contributed by atoms with Gasteiger partial charge in [-0.15, -0.1) is 0 Å². The second-order valence-corrected chi connectivity index (χ2v) is 6.95. The Morgan fingerprint density at radius 1 is 1.36 bits per heavy atom. The monoisotopic (exact) mass is 300 g/mol. The van der Waals surface area contributed by atoms with Crippen LogP contribution in [0.15, 0.2) is 24.3 Å². The number of aliphatic hydroxyl groups excluding tert-OH is 1. The molecule has 0 bridgehead atoms. The first-order valence-corrected chi connectivity index (χ1v) is 7.83. The maximum atomic E-state index is 12.1. The molecule has 0 heterocycles. The molecule has 0 aliphatic heterocycles. The Balaban J connectivity index is 1.82. The van der Waals surface area contributed by atoms with Gasteiger partial charge in [-0.25, -0.2) is 0 Å². The predicted octanol–water partition coefficient (Wildman–Crippen LogP) is 2.77. The Labute approximate surface area is 132 Å². The van der Waals surface area contributed by atoms with E-state index in [1.54, 1.807) is 12.1 Å². The minimum absolute atomic E-state index is 0.0878. The average molecular weight is 300 g/mol. The van der Waals surface area contributed by atoms with Crippen LogP contribution in [0.3, 0.4) is 0 Å². The molecule has 118 valence electrons. The van der Waals surface area contributed by atoms with E-state index in [1.807, 2.05) is 26.0 Å². The van der Waals surface area contributed by atoms with Gasteiger partial charge in [0.15, 0.2) is 0 Å². The summed E-state index contributed by atoms with van der Waals surface area (Å²) < 4.78 is 0. The molecule has 0 unspecified atom stereocenters. The van der Waals surface area contributed by atoms with E-state index >= 15 is 0 Å². The molecule has 0 atom stereocenters. The van der Waals surface area contributed by atoms with Gasteiger partial charge in [-0.1, -0.05) is 26.0 Å². The predicted molar refractivity (Wildman–Crippen MR) is 85.4 cm³/mol. The van der Waals surface area contributed by atoms with Crippen LogP contribution in [-0.2, 0) is 5.41 Å². The summed E-state index contributed by atoms with van der Waals surface area (Å²) in [5, 5.41) is 21.3. The molecule has 2 N–H and O–H groups in total. The van der Waals surface area contributed by atoms with Crippen molar-refractivity contribution < 1.29 is 9.90 Å². The Morgan fingerprint density at radius 2 is 2.00 bits per heavy atom. The largest absolute Gasteiger partial charge is 0.396 e. The lowest BCUT2D eigenvalue weighted by atomic mass is 9.89. The molecule has 1 aromatic rings. The standard InChI is InChI=1S/C18H24N2O2/c1-17(2,13-21)8-3-11-20-16(22)14-4-6-15(7-5-14)18(12-19)9-10-18/h4-7,21H,3,8-11,13H2,1-2H3,(H,20,22). The number of carbonyl (C=O) groups is 1.